The van der Waals surface area contributed by atoms with Gasteiger partial charge in [-0.05, 0) is 58.8 Å². The number of rotatable bonds is 4. The zero-order valence-corrected chi connectivity index (χ0v) is 12.4. The number of aromatic nitrogens is 1. The Bertz CT molecular complexity index is 617. The number of nitrogens with one attached hydrogen (secondary N) is 1. The number of anilines is 1. The van der Waals surface area contributed by atoms with Crippen molar-refractivity contribution in [2.75, 3.05) is 5.32 Å². The molecule has 1 aromatic heterocycles. The van der Waals surface area contributed by atoms with Crippen LogP contribution in [0.15, 0.2) is 36.7 Å². The van der Waals surface area contributed by atoms with E-state index in [9.17, 15) is 10.1 Å². The van der Waals surface area contributed by atoms with Gasteiger partial charge in [-0.15, -0.1) is 0 Å². The van der Waals surface area contributed by atoms with Crippen LogP contribution in [0.4, 0.5) is 11.4 Å². The summed E-state index contributed by atoms with van der Waals surface area (Å²) in [7, 11) is 0. The Hall–Kier alpha value is -1.70. The van der Waals surface area contributed by atoms with Crippen LogP contribution in [-0.2, 0) is 6.54 Å². The molecule has 0 atom stereocenters. The Balaban J connectivity index is 2.11. The fourth-order valence-electron chi connectivity index (χ4n) is 1.66. The number of benzene rings is 1. The molecule has 2 aromatic rings. The minimum Gasteiger partial charge on any atom is -0.381 e. The van der Waals surface area contributed by atoms with Crippen molar-refractivity contribution in [3.63, 3.8) is 0 Å². The molecule has 19 heavy (non-hydrogen) atoms. The molecular formula is C13H12IN3O2. The predicted octanol–water partition coefficient (Wildman–Crippen LogP) is 3.51. The number of nitro groups is 1. The van der Waals surface area contributed by atoms with Gasteiger partial charge in [-0.2, -0.15) is 0 Å². The molecule has 0 aliphatic rings. The van der Waals surface area contributed by atoms with Crippen LogP contribution in [0.3, 0.4) is 0 Å². The zero-order valence-electron chi connectivity index (χ0n) is 10.3. The number of nitrogens with zero attached hydrogens (tertiary/aromatic N) is 2. The molecule has 5 nitrogen and oxygen atoms in total. The van der Waals surface area contributed by atoms with Gasteiger partial charge < -0.3 is 5.32 Å². The van der Waals surface area contributed by atoms with E-state index in [0.29, 0.717) is 10.1 Å². The van der Waals surface area contributed by atoms with E-state index in [4.69, 9.17) is 0 Å². The van der Waals surface area contributed by atoms with Gasteiger partial charge in [0.2, 0.25) is 0 Å². The topological polar surface area (TPSA) is 68.1 Å². The smallest absolute Gasteiger partial charge is 0.282 e. The fraction of sp³-hybridized carbons (Fsp3) is 0.154. The van der Waals surface area contributed by atoms with Gasteiger partial charge in [0.1, 0.15) is 0 Å². The van der Waals surface area contributed by atoms with Crippen LogP contribution in [0.5, 0.6) is 0 Å². The van der Waals surface area contributed by atoms with E-state index in [-0.39, 0.29) is 10.6 Å². The molecule has 0 fully saturated rings. The highest BCUT2D eigenvalue weighted by Crippen LogP contribution is 2.24. The quantitative estimate of drug-likeness (QED) is 0.509. The molecule has 1 heterocycles. The lowest BCUT2D eigenvalue weighted by Crippen LogP contribution is -2.02. The molecule has 2 rings (SSSR count). The number of hydrogen-bond donors (Lipinski definition) is 1. The average Bonchev–Trinajstić information content (AvgIpc) is 2.37. The minimum absolute atomic E-state index is 0.131. The van der Waals surface area contributed by atoms with Gasteiger partial charge in [0.15, 0.2) is 0 Å². The third kappa shape index (κ3) is 3.40. The van der Waals surface area contributed by atoms with Gasteiger partial charge >= 0.3 is 0 Å². The Kier molecular flexibility index (Phi) is 4.31. The Morgan fingerprint density at radius 3 is 2.84 bits per heavy atom. The molecule has 1 N–H and O–H groups in total. The molecule has 98 valence electrons. The van der Waals surface area contributed by atoms with Crippen LogP contribution in [-0.4, -0.2) is 9.91 Å². The Labute approximate surface area is 124 Å². The van der Waals surface area contributed by atoms with Crippen molar-refractivity contribution in [2.45, 2.75) is 13.5 Å². The van der Waals surface area contributed by atoms with Crippen LogP contribution in [0.25, 0.3) is 0 Å². The summed E-state index contributed by atoms with van der Waals surface area (Å²) in [6.07, 6.45) is 3.57. The Morgan fingerprint density at radius 2 is 2.21 bits per heavy atom. The van der Waals surface area contributed by atoms with Crippen molar-refractivity contribution in [3.8, 4) is 0 Å². The van der Waals surface area contributed by atoms with Crippen molar-refractivity contribution < 1.29 is 4.92 Å². The third-order valence-corrected chi connectivity index (χ3v) is 3.63. The SMILES string of the molecule is Cc1cnccc1CNc1ccc([N+](=O)[O-])c(I)c1. The second-order valence-electron chi connectivity index (χ2n) is 4.08. The first-order chi connectivity index (χ1) is 9.08. The van der Waals surface area contributed by atoms with E-state index in [1.165, 1.54) is 6.07 Å². The highest BCUT2D eigenvalue weighted by atomic mass is 127. The van der Waals surface area contributed by atoms with Gasteiger partial charge in [-0.3, -0.25) is 15.1 Å². The molecule has 1 aromatic carbocycles. The summed E-state index contributed by atoms with van der Waals surface area (Å²) in [6, 6.07) is 6.97. The molecule has 0 aliphatic heterocycles. The first-order valence-electron chi connectivity index (χ1n) is 5.65. The van der Waals surface area contributed by atoms with Gasteiger partial charge in [-0.25, -0.2) is 0 Å². The predicted molar refractivity (Wildman–Crippen MR) is 82.1 cm³/mol. The fourth-order valence-corrected chi connectivity index (χ4v) is 2.37. The van der Waals surface area contributed by atoms with Gasteiger partial charge in [0.25, 0.3) is 5.69 Å². The Morgan fingerprint density at radius 1 is 1.42 bits per heavy atom. The summed E-state index contributed by atoms with van der Waals surface area (Å²) < 4.78 is 0.624. The summed E-state index contributed by atoms with van der Waals surface area (Å²) in [6.45, 7) is 2.67. The lowest BCUT2D eigenvalue weighted by Gasteiger charge is -2.09. The molecule has 0 radical (unpaired) electrons. The van der Waals surface area contributed by atoms with Crippen LogP contribution >= 0.6 is 22.6 Å². The average molecular weight is 369 g/mol. The van der Waals surface area contributed by atoms with E-state index in [1.807, 2.05) is 41.8 Å². The van der Waals surface area contributed by atoms with Crippen LogP contribution in [0.1, 0.15) is 11.1 Å². The first-order valence-corrected chi connectivity index (χ1v) is 6.73. The molecule has 0 amide bonds. The molecule has 0 spiro atoms. The summed E-state index contributed by atoms with van der Waals surface area (Å²) >= 11 is 1.97. The monoisotopic (exact) mass is 369 g/mol. The number of aryl methyl sites for hydroxylation is 1. The van der Waals surface area contributed by atoms with Gasteiger partial charge in [-0.1, -0.05) is 0 Å². The lowest BCUT2D eigenvalue weighted by atomic mass is 10.1. The highest BCUT2D eigenvalue weighted by molar-refractivity contribution is 14.1. The maximum atomic E-state index is 10.7. The summed E-state index contributed by atoms with van der Waals surface area (Å²) in [4.78, 5) is 14.4. The van der Waals surface area contributed by atoms with E-state index in [1.54, 1.807) is 18.3 Å². The maximum Gasteiger partial charge on any atom is 0.282 e. The van der Waals surface area contributed by atoms with E-state index in [2.05, 4.69) is 10.3 Å². The lowest BCUT2D eigenvalue weighted by molar-refractivity contribution is -0.385. The van der Waals surface area contributed by atoms with Gasteiger partial charge in [0.05, 0.1) is 8.49 Å². The summed E-state index contributed by atoms with van der Waals surface area (Å²) in [5.74, 6) is 0. The van der Waals surface area contributed by atoms with Crippen molar-refractivity contribution in [3.05, 3.63) is 61.5 Å². The molecule has 6 heteroatoms. The number of pyridine rings is 1. The van der Waals surface area contributed by atoms with Crippen molar-refractivity contribution >= 4 is 34.0 Å². The van der Waals surface area contributed by atoms with E-state index in [0.717, 1.165) is 16.8 Å². The maximum absolute atomic E-state index is 10.7. The second kappa shape index (κ2) is 5.96. The first kappa shape index (κ1) is 13.7. The van der Waals surface area contributed by atoms with Crippen molar-refractivity contribution in [1.82, 2.24) is 4.98 Å². The number of halogens is 1. The standard InChI is InChI=1S/C13H12IN3O2/c1-9-7-15-5-4-10(9)8-16-11-2-3-13(17(18)19)12(14)6-11/h2-7,16H,8H2,1H3. The number of hydrogen-bond acceptors (Lipinski definition) is 4. The second-order valence-corrected chi connectivity index (χ2v) is 5.24. The van der Waals surface area contributed by atoms with Crippen LogP contribution in [0, 0.1) is 20.6 Å². The molecule has 0 unspecified atom stereocenters. The zero-order chi connectivity index (χ0) is 13.8. The van der Waals surface area contributed by atoms with Crippen LogP contribution in [0.2, 0.25) is 0 Å². The number of nitro benzene ring substituents is 1. The van der Waals surface area contributed by atoms with Gasteiger partial charge in [0, 0.05) is 30.7 Å². The highest BCUT2D eigenvalue weighted by Gasteiger charge is 2.11. The van der Waals surface area contributed by atoms with Crippen molar-refractivity contribution in [1.29, 1.82) is 0 Å². The molecule has 0 bridgehead atoms. The molecule has 0 saturated carbocycles. The minimum atomic E-state index is -0.376. The molecular weight excluding hydrogens is 357 g/mol. The third-order valence-electron chi connectivity index (χ3n) is 2.76. The normalized spacial score (nSPS) is 10.2. The summed E-state index contributed by atoms with van der Waals surface area (Å²) in [5, 5.41) is 14.0. The summed E-state index contributed by atoms with van der Waals surface area (Å²) in [5.41, 5.74) is 3.27. The largest absolute Gasteiger partial charge is 0.381 e. The van der Waals surface area contributed by atoms with Crippen LogP contribution < -0.4 is 5.32 Å². The molecule has 0 saturated heterocycles. The molecule has 0 aliphatic carbocycles. The van der Waals surface area contributed by atoms with Crippen molar-refractivity contribution in [2.24, 2.45) is 0 Å². The van der Waals surface area contributed by atoms with E-state index < -0.39 is 0 Å². The van der Waals surface area contributed by atoms with E-state index >= 15 is 0 Å².